The van der Waals surface area contributed by atoms with E-state index in [0.29, 0.717) is 19.5 Å². The van der Waals surface area contributed by atoms with Crippen LogP contribution >= 0.6 is 0 Å². The van der Waals surface area contributed by atoms with Crippen LogP contribution < -0.4 is 5.32 Å². The van der Waals surface area contributed by atoms with Crippen molar-refractivity contribution in [1.82, 2.24) is 29.6 Å². The average Bonchev–Trinajstić information content (AvgIpc) is 3.20. The maximum atomic E-state index is 11.9. The molecule has 1 N–H and O–H groups in total. The van der Waals surface area contributed by atoms with Gasteiger partial charge in [-0.3, -0.25) is 4.79 Å². The minimum Gasteiger partial charge on any atom is -0.356 e. The first-order valence-corrected chi connectivity index (χ1v) is 7.81. The summed E-state index contributed by atoms with van der Waals surface area (Å²) < 4.78 is 3.98. The molecule has 0 saturated carbocycles. The lowest BCUT2D eigenvalue weighted by molar-refractivity contribution is -0.121. The molecule has 0 fully saturated rings. The van der Waals surface area contributed by atoms with Crippen LogP contribution in [0.4, 0.5) is 0 Å². The Bertz CT molecular complexity index is 777. The number of carbonyl (C=O) groups is 1. The van der Waals surface area contributed by atoms with E-state index in [1.54, 1.807) is 17.2 Å². The van der Waals surface area contributed by atoms with Crippen molar-refractivity contribution in [2.45, 2.75) is 32.9 Å². The first kappa shape index (κ1) is 15.2. The Hall–Kier alpha value is -2.70. The zero-order valence-corrected chi connectivity index (χ0v) is 13.1. The number of aromatic nitrogens is 5. The minimum atomic E-state index is 0.0258. The van der Waals surface area contributed by atoms with Crippen LogP contribution in [0.5, 0.6) is 0 Å². The summed E-state index contributed by atoms with van der Waals surface area (Å²) in [5.41, 5.74) is 2.15. The van der Waals surface area contributed by atoms with Crippen LogP contribution in [-0.4, -0.2) is 36.8 Å². The Morgan fingerprint density at radius 3 is 2.78 bits per heavy atom. The van der Waals surface area contributed by atoms with Gasteiger partial charge < -0.3 is 14.5 Å². The molecule has 3 aromatic rings. The second kappa shape index (κ2) is 7.04. The molecule has 0 saturated heterocycles. The van der Waals surface area contributed by atoms with Gasteiger partial charge in [0.1, 0.15) is 18.5 Å². The van der Waals surface area contributed by atoms with E-state index >= 15 is 0 Å². The van der Waals surface area contributed by atoms with E-state index in [2.05, 4.69) is 38.1 Å². The summed E-state index contributed by atoms with van der Waals surface area (Å²) in [7, 11) is 0. The molecule has 0 bridgehead atoms. The third kappa shape index (κ3) is 3.56. The van der Waals surface area contributed by atoms with Gasteiger partial charge >= 0.3 is 0 Å². The zero-order chi connectivity index (χ0) is 16.1. The molecule has 0 aliphatic heterocycles. The van der Waals surface area contributed by atoms with Crippen molar-refractivity contribution >= 4 is 16.9 Å². The quantitative estimate of drug-likeness (QED) is 0.715. The molecule has 3 rings (SSSR count). The smallest absolute Gasteiger partial charge is 0.221 e. The molecule has 0 aliphatic rings. The van der Waals surface area contributed by atoms with Crippen LogP contribution in [0, 0.1) is 0 Å². The molecule has 2 heterocycles. The average molecular weight is 312 g/mol. The number of imidazole rings is 1. The molecule has 7 nitrogen and oxygen atoms in total. The number of rotatable bonds is 7. The fraction of sp³-hybridized carbons (Fsp3) is 0.375. The number of nitrogens with one attached hydrogen (secondary N) is 1. The van der Waals surface area contributed by atoms with E-state index < -0.39 is 0 Å². The van der Waals surface area contributed by atoms with Crippen LogP contribution in [0.3, 0.4) is 0 Å². The number of amides is 1. The highest BCUT2D eigenvalue weighted by molar-refractivity contribution is 5.76. The normalized spacial score (nSPS) is 11.0. The lowest BCUT2D eigenvalue weighted by Gasteiger charge is -2.07. The van der Waals surface area contributed by atoms with Crippen LogP contribution in [0.1, 0.15) is 19.2 Å². The standard InChI is InChI=1S/C16H20N6O/c1-2-22-14-6-4-3-5-13(14)20-15(22)7-9-17-16(23)8-10-21-11-18-19-12-21/h3-6,11-12H,2,7-10H2,1H3,(H,17,23). The van der Waals surface area contributed by atoms with Gasteiger partial charge in [-0.2, -0.15) is 0 Å². The molecule has 1 amide bonds. The molecule has 1 aromatic carbocycles. The fourth-order valence-corrected chi connectivity index (χ4v) is 2.64. The van der Waals surface area contributed by atoms with Gasteiger partial charge in [-0.25, -0.2) is 4.98 Å². The summed E-state index contributed by atoms with van der Waals surface area (Å²) in [6.07, 6.45) is 4.36. The molecule has 0 unspecified atom stereocenters. The molecule has 0 aliphatic carbocycles. The predicted octanol–water partition coefficient (Wildman–Crippen LogP) is 1.40. The van der Waals surface area contributed by atoms with Crippen LogP contribution in [-0.2, 0) is 24.3 Å². The Morgan fingerprint density at radius 2 is 2.00 bits per heavy atom. The molecule has 0 radical (unpaired) electrons. The largest absolute Gasteiger partial charge is 0.356 e. The summed E-state index contributed by atoms with van der Waals surface area (Å²) in [6.45, 7) is 4.16. The second-order valence-corrected chi connectivity index (χ2v) is 5.31. The van der Waals surface area contributed by atoms with E-state index in [0.717, 1.165) is 29.8 Å². The second-order valence-electron chi connectivity index (χ2n) is 5.31. The molecule has 0 spiro atoms. The zero-order valence-electron chi connectivity index (χ0n) is 13.1. The third-order valence-electron chi connectivity index (χ3n) is 3.78. The van der Waals surface area contributed by atoms with Gasteiger partial charge in [0.2, 0.25) is 5.91 Å². The number of aryl methyl sites for hydroxylation is 2. The number of para-hydroxylation sites is 2. The Labute approximate surface area is 134 Å². The Balaban J connectivity index is 1.53. The fourth-order valence-electron chi connectivity index (χ4n) is 2.64. The highest BCUT2D eigenvalue weighted by atomic mass is 16.1. The van der Waals surface area contributed by atoms with Gasteiger partial charge in [0, 0.05) is 32.5 Å². The number of hydrogen-bond donors (Lipinski definition) is 1. The highest BCUT2D eigenvalue weighted by Gasteiger charge is 2.09. The maximum Gasteiger partial charge on any atom is 0.221 e. The number of hydrogen-bond acceptors (Lipinski definition) is 4. The van der Waals surface area contributed by atoms with E-state index in [1.165, 1.54) is 0 Å². The van der Waals surface area contributed by atoms with E-state index in [9.17, 15) is 4.79 Å². The number of benzene rings is 1. The summed E-state index contributed by atoms with van der Waals surface area (Å²) >= 11 is 0. The van der Waals surface area contributed by atoms with E-state index in [4.69, 9.17) is 0 Å². The van der Waals surface area contributed by atoms with Crippen LogP contribution in [0.2, 0.25) is 0 Å². The van der Waals surface area contributed by atoms with Crippen LogP contribution in [0.25, 0.3) is 11.0 Å². The van der Waals surface area contributed by atoms with Crippen molar-refractivity contribution in [1.29, 1.82) is 0 Å². The van der Waals surface area contributed by atoms with Crippen molar-refractivity contribution in [2.24, 2.45) is 0 Å². The summed E-state index contributed by atoms with van der Waals surface area (Å²) in [5, 5.41) is 10.4. The Kier molecular flexibility index (Phi) is 4.65. The molecule has 120 valence electrons. The summed E-state index contributed by atoms with van der Waals surface area (Å²) in [6, 6.07) is 8.11. The van der Waals surface area contributed by atoms with Crippen molar-refractivity contribution < 1.29 is 4.79 Å². The molecule has 23 heavy (non-hydrogen) atoms. The van der Waals surface area contributed by atoms with Gasteiger partial charge in [0.15, 0.2) is 0 Å². The topological polar surface area (TPSA) is 77.6 Å². The van der Waals surface area contributed by atoms with Gasteiger partial charge in [-0.1, -0.05) is 12.1 Å². The lowest BCUT2D eigenvalue weighted by atomic mass is 10.3. The number of nitrogens with zero attached hydrogens (tertiary/aromatic N) is 5. The van der Waals surface area contributed by atoms with Crippen molar-refractivity contribution in [3.8, 4) is 0 Å². The molecule has 2 aromatic heterocycles. The minimum absolute atomic E-state index is 0.0258. The van der Waals surface area contributed by atoms with Crippen molar-refractivity contribution in [3.63, 3.8) is 0 Å². The lowest BCUT2D eigenvalue weighted by Crippen LogP contribution is -2.27. The van der Waals surface area contributed by atoms with Crippen LogP contribution in [0.15, 0.2) is 36.9 Å². The predicted molar refractivity (Wildman–Crippen MR) is 86.8 cm³/mol. The summed E-state index contributed by atoms with van der Waals surface area (Å²) in [5.74, 6) is 1.03. The van der Waals surface area contributed by atoms with Crippen molar-refractivity contribution in [3.05, 3.63) is 42.7 Å². The highest BCUT2D eigenvalue weighted by Crippen LogP contribution is 2.15. The van der Waals surface area contributed by atoms with Gasteiger partial charge in [0.05, 0.1) is 11.0 Å². The van der Waals surface area contributed by atoms with Gasteiger partial charge in [-0.05, 0) is 19.1 Å². The third-order valence-corrected chi connectivity index (χ3v) is 3.78. The first-order valence-electron chi connectivity index (χ1n) is 7.81. The monoisotopic (exact) mass is 312 g/mol. The molecular formula is C16H20N6O. The SMILES string of the molecule is CCn1c(CCNC(=O)CCn2cnnc2)nc2ccccc21. The number of fused-ring (bicyclic) bond motifs is 1. The Morgan fingerprint density at radius 1 is 1.22 bits per heavy atom. The van der Waals surface area contributed by atoms with E-state index in [1.807, 2.05) is 18.2 Å². The molecule has 0 atom stereocenters. The van der Waals surface area contributed by atoms with Gasteiger partial charge in [-0.15, -0.1) is 10.2 Å². The van der Waals surface area contributed by atoms with E-state index in [-0.39, 0.29) is 5.91 Å². The van der Waals surface area contributed by atoms with Crippen molar-refractivity contribution in [2.75, 3.05) is 6.54 Å². The molecule has 7 heteroatoms. The first-order chi connectivity index (χ1) is 11.3. The maximum absolute atomic E-state index is 11.9. The number of carbonyl (C=O) groups excluding carboxylic acids is 1. The molecular weight excluding hydrogens is 292 g/mol. The summed E-state index contributed by atoms with van der Waals surface area (Å²) in [4.78, 5) is 16.5. The van der Waals surface area contributed by atoms with Gasteiger partial charge in [0.25, 0.3) is 0 Å².